The van der Waals surface area contributed by atoms with Crippen molar-refractivity contribution in [2.45, 2.75) is 135 Å². The van der Waals surface area contributed by atoms with Crippen LogP contribution in [0.4, 0.5) is 4.79 Å². The van der Waals surface area contributed by atoms with E-state index in [0.717, 1.165) is 32.1 Å². The number of Topliss-reactive ketones (excluding diaryl/α,β-unsaturated/α-hetero) is 1. The number of nitrogens with two attached hydrogens (primary N) is 2. The van der Waals surface area contributed by atoms with E-state index in [1.165, 1.54) is 17.1 Å². The van der Waals surface area contributed by atoms with Crippen molar-refractivity contribution >= 4 is 47.4 Å². The molecule has 1 saturated heterocycles. The normalized spacial score (nSPS) is 17.8. The summed E-state index contributed by atoms with van der Waals surface area (Å²) in [7, 11) is 0. The van der Waals surface area contributed by atoms with Gasteiger partial charge in [0.1, 0.15) is 24.7 Å². The summed E-state index contributed by atoms with van der Waals surface area (Å²) >= 11 is 0. The molecule has 2 fully saturated rings. The van der Waals surface area contributed by atoms with Gasteiger partial charge in [-0.2, -0.15) is 0 Å². The van der Waals surface area contributed by atoms with E-state index in [2.05, 4.69) is 16.0 Å². The van der Waals surface area contributed by atoms with Crippen LogP contribution >= 0.6 is 0 Å². The first-order valence-corrected chi connectivity index (χ1v) is 20.5. The Balaban J connectivity index is 1.77. The molecule has 0 bridgehead atoms. The van der Waals surface area contributed by atoms with Crippen LogP contribution < -0.4 is 27.4 Å². The molecule has 1 aliphatic heterocycles. The van der Waals surface area contributed by atoms with E-state index in [-0.39, 0.29) is 75.9 Å². The van der Waals surface area contributed by atoms with Gasteiger partial charge in [0.15, 0.2) is 5.78 Å². The average Bonchev–Trinajstić information content (AvgIpc) is 3.69. The van der Waals surface area contributed by atoms with Gasteiger partial charge in [0.05, 0.1) is 12.6 Å². The maximum absolute atomic E-state index is 14.2. The molecule has 1 aromatic carbocycles. The number of nitrogens with zero attached hydrogens (tertiary/aromatic N) is 1. The SMILES string of the molecule is CCOC(=O)/C=C/CC[C@H](NC(=O)OCc1ccccc1)C(=O)N[C@@H](CCC(N)=O)C(=O)N1CCC[C@H]1C(=O)N[C@@H](CC(C)C)C(=O)C[C@H](C(N)=O)C1CCCCC1. The number of alkyl carbamates (subject to hydrolysis) is 1. The Bertz CT molecular complexity index is 1600. The molecule has 2 aliphatic rings. The van der Waals surface area contributed by atoms with Crippen molar-refractivity contribution in [3.8, 4) is 0 Å². The predicted octanol–water partition coefficient (Wildman–Crippen LogP) is 3.09. The molecule has 5 atom stereocenters. The largest absolute Gasteiger partial charge is 0.463 e. The van der Waals surface area contributed by atoms with Crippen molar-refractivity contribution in [1.82, 2.24) is 20.9 Å². The molecular weight excluding hydrogens is 748 g/mol. The van der Waals surface area contributed by atoms with Crippen molar-refractivity contribution in [2.24, 2.45) is 29.2 Å². The van der Waals surface area contributed by atoms with Crippen molar-refractivity contribution in [2.75, 3.05) is 13.2 Å². The Morgan fingerprint density at radius 2 is 1.55 bits per heavy atom. The number of carbonyl (C=O) groups excluding carboxylic acids is 8. The number of primary amides is 2. The van der Waals surface area contributed by atoms with E-state index >= 15 is 0 Å². The van der Waals surface area contributed by atoms with Crippen molar-refractivity contribution in [3.05, 3.63) is 48.0 Å². The molecule has 0 spiro atoms. The van der Waals surface area contributed by atoms with Crippen LogP contribution in [-0.4, -0.2) is 89.6 Å². The Kier molecular flexibility index (Phi) is 19.9. The van der Waals surface area contributed by atoms with Crippen LogP contribution in [0.15, 0.2) is 42.5 Å². The lowest BCUT2D eigenvalue weighted by molar-refractivity contribution is -0.142. The first kappa shape index (κ1) is 47.1. The van der Waals surface area contributed by atoms with Gasteiger partial charge in [0.2, 0.25) is 29.5 Å². The Morgan fingerprint density at radius 1 is 0.845 bits per heavy atom. The highest BCUT2D eigenvalue weighted by molar-refractivity contribution is 5.97. The molecule has 0 radical (unpaired) electrons. The van der Waals surface area contributed by atoms with Crippen LogP contribution in [0.5, 0.6) is 0 Å². The first-order valence-electron chi connectivity index (χ1n) is 20.5. The van der Waals surface area contributed by atoms with Crippen LogP contribution in [0, 0.1) is 17.8 Å². The molecule has 1 aromatic rings. The highest BCUT2D eigenvalue weighted by Crippen LogP contribution is 2.32. The van der Waals surface area contributed by atoms with E-state index in [1.807, 2.05) is 19.9 Å². The monoisotopic (exact) mass is 810 g/mol. The zero-order valence-corrected chi connectivity index (χ0v) is 34.1. The number of ether oxygens (including phenoxy) is 2. The third-order valence-corrected chi connectivity index (χ3v) is 10.5. The Morgan fingerprint density at radius 3 is 2.19 bits per heavy atom. The summed E-state index contributed by atoms with van der Waals surface area (Å²) in [5, 5.41) is 8.05. The number of rotatable bonds is 23. The number of hydrogen-bond donors (Lipinski definition) is 5. The molecular formula is C42H62N6O10. The van der Waals surface area contributed by atoms with Crippen LogP contribution in [0.1, 0.15) is 110 Å². The molecule has 1 heterocycles. The minimum Gasteiger partial charge on any atom is -0.463 e. The second-order valence-electron chi connectivity index (χ2n) is 15.5. The predicted molar refractivity (Wildman–Crippen MR) is 214 cm³/mol. The summed E-state index contributed by atoms with van der Waals surface area (Å²) in [4.78, 5) is 106. The number of amides is 6. The van der Waals surface area contributed by atoms with Gasteiger partial charge >= 0.3 is 12.1 Å². The van der Waals surface area contributed by atoms with E-state index in [9.17, 15) is 38.4 Å². The van der Waals surface area contributed by atoms with Gasteiger partial charge in [-0.15, -0.1) is 0 Å². The number of likely N-dealkylation sites (tertiary alicyclic amines) is 1. The first-order chi connectivity index (χ1) is 27.7. The fourth-order valence-corrected chi connectivity index (χ4v) is 7.53. The minimum absolute atomic E-state index is 0.00369. The minimum atomic E-state index is -1.31. The lowest BCUT2D eigenvalue weighted by Crippen LogP contribution is -2.57. The molecule has 16 nitrogen and oxygen atoms in total. The van der Waals surface area contributed by atoms with E-state index < -0.39 is 71.7 Å². The van der Waals surface area contributed by atoms with E-state index in [1.54, 1.807) is 31.2 Å². The number of esters is 1. The van der Waals surface area contributed by atoms with Crippen molar-refractivity contribution < 1.29 is 47.8 Å². The lowest BCUT2D eigenvalue weighted by atomic mass is 9.76. The molecule has 7 N–H and O–H groups in total. The van der Waals surface area contributed by atoms with Gasteiger partial charge < -0.3 is 41.8 Å². The number of nitrogens with one attached hydrogen (secondary N) is 3. The third-order valence-electron chi connectivity index (χ3n) is 10.5. The zero-order chi connectivity index (χ0) is 42.6. The molecule has 1 saturated carbocycles. The molecule has 320 valence electrons. The van der Waals surface area contributed by atoms with E-state index in [0.29, 0.717) is 18.4 Å². The summed E-state index contributed by atoms with van der Waals surface area (Å²) in [6.07, 6.45) is 7.09. The Labute approximate surface area is 340 Å². The van der Waals surface area contributed by atoms with Crippen LogP contribution in [0.2, 0.25) is 0 Å². The number of ketones is 1. The quantitative estimate of drug-likeness (QED) is 0.0799. The van der Waals surface area contributed by atoms with Gasteiger partial charge in [-0.3, -0.25) is 28.8 Å². The van der Waals surface area contributed by atoms with Gasteiger partial charge in [0, 0.05) is 31.4 Å². The molecule has 0 unspecified atom stereocenters. The summed E-state index contributed by atoms with van der Waals surface area (Å²) in [5.41, 5.74) is 11.9. The topological polar surface area (TPSA) is 246 Å². The smallest absolute Gasteiger partial charge is 0.408 e. The standard InChI is InChI=1S/C42H62N6O10/c1-4-57-37(51)20-12-11-18-31(47-42(56)58-26-28-14-7-5-8-15-28)39(53)45-32(21-22-36(43)50)41(55)48-23-13-19-34(48)40(54)46-33(24-27(2)3)35(49)25-30(38(44)52)29-16-9-6-10-17-29/h5,7-8,12,14-15,20,27,29-34H,4,6,9-11,13,16-19,21-26H2,1-3H3,(H2,43,50)(H2,44,52)(H,45,53)(H,46,54)(H,47,56)/b20-12+/t30-,31-,32-,33-,34-/m0/s1. The van der Waals surface area contributed by atoms with Gasteiger partial charge in [-0.25, -0.2) is 9.59 Å². The second kappa shape index (κ2) is 24.5. The van der Waals surface area contributed by atoms with Crippen LogP contribution in [-0.2, 0) is 49.6 Å². The van der Waals surface area contributed by atoms with Gasteiger partial charge in [-0.05, 0) is 75.7 Å². The number of carbonyl (C=O) groups is 8. The van der Waals surface area contributed by atoms with E-state index in [4.69, 9.17) is 20.9 Å². The summed E-state index contributed by atoms with van der Waals surface area (Å²) in [6.45, 7) is 5.77. The lowest BCUT2D eigenvalue weighted by Gasteiger charge is -2.31. The molecule has 58 heavy (non-hydrogen) atoms. The molecule has 6 amide bonds. The van der Waals surface area contributed by atoms with Crippen LogP contribution in [0.25, 0.3) is 0 Å². The average molecular weight is 811 g/mol. The highest BCUT2D eigenvalue weighted by atomic mass is 16.5. The fraction of sp³-hybridized carbons (Fsp3) is 0.619. The molecule has 1 aliphatic carbocycles. The third kappa shape index (κ3) is 15.9. The molecule has 0 aromatic heterocycles. The fourth-order valence-electron chi connectivity index (χ4n) is 7.53. The second-order valence-corrected chi connectivity index (χ2v) is 15.5. The molecule has 3 rings (SSSR count). The number of hydrogen-bond acceptors (Lipinski definition) is 10. The maximum Gasteiger partial charge on any atom is 0.408 e. The summed E-state index contributed by atoms with van der Waals surface area (Å²) in [6, 6.07) is 4.45. The van der Waals surface area contributed by atoms with Gasteiger partial charge in [0.25, 0.3) is 0 Å². The highest BCUT2D eigenvalue weighted by Gasteiger charge is 2.40. The summed E-state index contributed by atoms with van der Waals surface area (Å²) < 4.78 is 10.2. The summed E-state index contributed by atoms with van der Waals surface area (Å²) in [5.74, 6) is -4.67. The zero-order valence-electron chi connectivity index (χ0n) is 34.1. The maximum atomic E-state index is 14.2. The Hall–Kier alpha value is -5.28. The molecule has 16 heteroatoms. The van der Waals surface area contributed by atoms with Crippen molar-refractivity contribution in [1.29, 1.82) is 0 Å². The van der Waals surface area contributed by atoms with Crippen molar-refractivity contribution in [3.63, 3.8) is 0 Å². The van der Waals surface area contributed by atoms with Crippen LogP contribution in [0.3, 0.4) is 0 Å². The van der Waals surface area contributed by atoms with Gasteiger partial charge in [-0.1, -0.05) is 69.5 Å². The number of benzene rings is 1. The number of allylic oxidation sites excluding steroid dienone is 1.